The van der Waals surface area contributed by atoms with Crippen LogP contribution in [0.2, 0.25) is 0 Å². The lowest BCUT2D eigenvalue weighted by Crippen LogP contribution is -2.38. The van der Waals surface area contributed by atoms with Crippen molar-refractivity contribution in [3.8, 4) is 5.75 Å². The van der Waals surface area contributed by atoms with Crippen LogP contribution < -0.4 is 10.1 Å². The van der Waals surface area contributed by atoms with Crippen LogP contribution in [0.25, 0.3) is 0 Å². The topological polar surface area (TPSA) is 41.5 Å². The van der Waals surface area contributed by atoms with Crippen molar-refractivity contribution in [2.45, 2.75) is 59.2 Å². The number of benzene rings is 1. The van der Waals surface area contributed by atoms with Crippen LogP contribution in [0, 0.1) is 11.7 Å². The van der Waals surface area contributed by atoms with Gasteiger partial charge < -0.3 is 15.2 Å². The van der Waals surface area contributed by atoms with Gasteiger partial charge in [0.05, 0.1) is 5.60 Å². The second-order valence-corrected chi connectivity index (χ2v) is 7.17. The Bertz CT molecular complexity index is 464. The van der Waals surface area contributed by atoms with Gasteiger partial charge in [-0.25, -0.2) is 4.39 Å². The molecule has 0 saturated heterocycles. The van der Waals surface area contributed by atoms with Crippen molar-refractivity contribution in [1.29, 1.82) is 0 Å². The molecule has 0 radical (unpaired) electrons. The molecule has 3 nitrogen and oxygen atoms in total. The number of halogens is 1. The van der Waals surface area contributed by atoms with Crippen molar-refractivity contribution in [3.63, 3.8) is 0 Å². The molecule has 1 aromatic carbocycles. The second kappa shape index (κ2) is 6.75. The second-order valence-electron chi connectivity index (χ2n) is 7.17. The van der Waals surface area contributed by atoms with Crippen LogP contribution in [0.3, 0.4) is 0 Å². The van der Waals surface area contributed by atoms with Crippen LogP contribution in [0.15, 0.2) is 18.2 Å². The van der Waals surface area contributed by atoms with E-state index in [1.54, 1.807) is 13.0 Å². The molecule has 0 aliphatic carbocycles. The number of hydrogen-bond donors (Lipinski definition) is 2. The van der Waals surface area contributed by atoms with Gasteiger partial charge in [-0.15, -0.1) is 0 Å². The van der Waals surface area contributed by atoms with Crippen molar-refractivity contribution in [2.75, 3.05) is 6.61 Å². The molecular formula is C17H28FNO2. The molecule has 0 aliphatic rings. The molecule has 0 spiro atoms. The fourth-order valence-electron chi connectivity index (χ4n) is 1.53. The summed E-state index contributed by atoms with van der Waals surface area (Å²) in [6, 6.07) is 4.92. The number of rotatable bonds is 6. The molecule has 0 bridgehead atoms. The minimum Gasteiger partial charge on any atom is -0.488 e. The van der Waals surface area contributed by atoms with Gasteiger partial charge >= 0.3 is 0 Å². The summed E-state index contributed by atoms with van der Waals surface area (Å²) < 4.78 is 19.4. The summed E-state index contributed by atoms with van der Waals surface area (Å²) >= 11 is 0. The van der Waals surface area contributed by atoms with Gasteiger partial charge in [0.1, 0.15) is 6.61 Å². The van der Waals surface area contributed by atoms with E-state index in [1.807, 2.05) is 19.9 Å². The summed E-state index contributed by atoms with van der Waals surface area (Å²) in [4.78, 5) is 0. The standard InChI is InChI=1S/C17H28FNO2/c1-12(2)17(6,20)11-21-15-8-7-13(9-14(15)18)10-19-16(3,4)5/h7-9,12,19-20H,10-11H2,1-6H3. The Kier molecular flexibility index (Phi) is 5.76. The third-order valence-electron chi connectivity index (χ3n) is 3.58. The summed E-state index contributed by atoms with van der Waals surface area (Å²) in [6.07, 6.45) is 0. The van der Waals surface area contributed by atoms with Crippen molar-refractivity contribution < 1.29 is 14.2 Å². The van der Waals surface area contributed by atoms with Crippen LogP contribution in [0.5, 0.6) is 5.75 Å². The largest absolute Gasteiger partial charge is 0.488 e. The Hall–Kier alpha value is -1.13. The molecule has 0 heterocycles. The molecule has 2 N–H and O–H groups in total. The van der Waals surface area contributed by atoms with Gasteiger partial charge in [-0.3, -0.25) is 0 Å². The van der Waals surface area contributed by atoms with E-state index >= 15 is 0 Å². The van der Waals surface area contributed by atoms with Gasteiger partial charge in [-0.2, -0.15) is 0 Å². The Balaban J connectivity index is 2.66. The maximum atomic E-state index is 14.0. The monoisotopic (exact) mass is 297 g/mol. The molecule has 1 unspecified atom stereocenters. The van der Waals surface area contributed by atoms with Crippen molar-refractivity contribution in [1.82, 2.24) is 5.32 Å². The first kappa shape index (κ1) is 17.9. The summed E-state index contributed by atoms with van der Waals surface area (Å²) in [5.41, 5.74) is -0.119. The van der Waals surface area contributed by atoms with Crippen molar-refractivity contribution in [2.24, 2.45) is 5.92 Å². The summed E-state index contributed by atoms with van der Waals surface area (Å²) in [5, 5.41) is 13.4. The minimum absolute atomic E-state index is 0.0123. The minimum atomic E-state index is -0.973. The van der Waals surface area contributed by atoms with Crippen molar-refractivity contribution >= 4 is 0 Å². The zero-order valence-corrected chi connectivity index (χ0v) is 14.0. The molecule has 120 valence electrons. The van der Waals surface area contributed by atoms with E-state index in [2.05, 4.69) is 26.1 Å². The Morgan fingerprint density at radius 1 is 1.24 bits per heavy atom. The first-order valence-corrected chi connectivity index (χ1v) is 7.40. The van der Waals surface area contributed by atoms with Crippen molar-refractivity contribution in [3.05, 3.63) is 29.6 Å². The lowest BCUT2D eigenvalue weighted by molar-refractivity contribution is -0.0275. The van der Waals surface area contributed by atoms with Crippen LogP contribution in [0.1, 0.15) is 47.1 Å². The molecule has 1 rings (SSSR count). The van der Waals surface area contributed by atoms with E-state index in [-0.39, 0.29) is 23.8 Å². The maximum absolute atomic E-state index is 14.0. The molecule has 4 heteroatoms. The summed E-state index contributed by atoms with van der Waals surface area (Å²) in [7, 11) is 0. The van der Waals surface area contributed by atoms with E-state index in [0.29, 0.717) is 6.54 Å². The zero-order valence-electron chi connectivity index (χ0n) is 14.0. The molecular weight excluding hydrogens is 269 g/mol. The van der Waals surface area contributed by atoms with Gasteiger partial charge in [0.25, 0.3) is 0 Å². The van der Waals surface area contributed by atoms with E-state index in [1.165, 1.54) is 6.07 Å². The lowest BCUT2D eigenvalue weighted by Gasteiger charge is -2.27. The first-order chi connectivity index (χ1) is 9.51. The molecule has 0 fully saturated rings. The van der Waals surface area contributed by atoms with Crippen LogP contribution in [-0.2, 0) is 6.54 Å². The highest BCUT2D eigenvalue weighted by Crippen LogP contribution is 2.22. The number of aliphatic hydroxyl groups is 1. The number of nitrogens with one attached hydrogen (secondary N) is 1. The number of ether oxygens (including phenoxy) is 1. The Morgan fingerprint density at radius 2 is 1.86 bits per heavy atom. The normalized spacial score (nSPS) is 15.1. The van der Waals surface area contributed by atoms with E-state index in [0.717, 1.165) is 5.56 Å². The number of hydrogen-bond acceptors (Lipinski definition) is 3. The molecule has 0 amide bonds. The molecule has 0 saturated carbocycles. The molecule has 21 heavy (non-hydrogen) atoms. The van der Waals surface area contributed by atoms with Crippen LogP contribution >= 0.6 is 0 Å². The predicted molar refractivity (Wildman–Crippen MR) is 83.9 cm³/mol. The van der Waals surface area contributed by atoms with Gasteiger partial charge in [-0.1, -0.05) is 19.9 Å². The molecule has 1 aromatic rings. The summed E-state index contributed by atoms with van der Waals surface area (Å²) in [6.45, 7) is 12.4. The van der Waals surface area contributed by atoms with E-state index in [9.17, 15) is 9.50 Å². The zero-order chi connectivity index (χ0) is 16.3. The molecule has 0 aromatic heterocycles. The highest BCUT2D eigenvalue weighted by molar-refractivity contribution is 5.29. The average Bonchev–Trinajstić information content (AvgIpc) is 2.34. The smallest absolute Gasteiger partial charge is 0.165 e. The fourth-order valence-corrected chi connectivity index (χ4v) is 1.53. The highest BCUT2D eigenvalue weighted by atomic mass is 19.1. The Labute approximate surface area is 127 Å². The maximum Gasteiger partial charge on any atom is 0.165 e. The summed E-state index contributed by atoms with van der Waals surface area (Å²) in [5.74, 6) is -0.186. The van der Waals surface area contributed by atoms with Crippen LogP contribution in [-0.4, -0.2) is 22.9 Å². The van der Waals surface area contributed by atoms with Crippen LogP contribution in [0.4, 0.5) is 4.39 Å². The van der Waals surface area contributed by atoms with E-state index < -0.39 is 11.4 Å². The quantitative estimate of drug-likeness (QED) is 0.844. The first-order valence-electron chi connectivity index (χ1n) is 7.40. The molecule has 1 atom stereocenters. The highest BCUT2D eigenvalue weighted by Gasteiger charge is 2.26. The van der Waals surface area contributed by atoms with Gasteiger partial charge in [0, 0.05) is 12.1 Å². The molecule has 0 aliphatic heterocycles. The average molecular weight is 297 g/mol. The predicted octanol–water partition coefficient (Wildman–Crippen LogP) is 3.50. The van der Waals surface area contributed by atoms with Gasteiger partial charge in [-0.05, 0) is 51.3 Å². The third-order valence-corrected chi connectivity index (χ3v) is 3.58. The third kappa shape index (κ3) is 6.02. The van der Waals surface area contributed by atoms with E-state index in [4.69, 9.17) is 4.74 Å². The lowest BCUT2D eigenvalue weighted by atomic mass is 9.94. The Morgan fingerprint density at radius 3 is 2.33 bits per heavy atom. The van der Waals surface area contributed by atoms with Gasteiger partial charge in [0.15, 0.2) is 11.6 Å². The van der Waals surface area contributed by atoms with Gasteiger partial charge in [0.2, 0.25) is 0 Å². The SMILES string of the molecule is CC(C)C(C)(O)COc1ccc(CNC(C)(C)C)cc1F. The fraction of sp³-hybridized carbons (Fsp3) is 0.647.